The van der Waals surface area contributed by atoms with Crippen molar-refractivity contribution in [3.8, 4) is 0 Å². The zero-order valence-electron chi connectivity index (χ0n) is 14.8. The van der Waals surface area contributed by atoms with Crippen molar-refractivity contribution in [2.45, 2.75) is 47.6 Å². The summed E-state index contributed by atoms with van der Waals surface area (Å²) in [6.07, 6.45) is 1.20. The molecule has 2 unspecified atom stereocenters. The Labute approximate surface area is 137 Å². The van der Waals surface area contributed by atoms with Crippen molar-refractivity contribution in [1.82, 2.24) is 19.7 Å². The maximum atomic E-state index is 13.2. The van der Waals surface area contributed by atoms with E-state index >= 15 is 0 Å². The molecule has 1 aliphatic heterocycles. The molecule has 2 aromatic rings. The molecule has 1 saturated heterocycles. The second kappa shape index (κ2) is 5.95. The summed E-state index contributed by atoms with van der Waals surface area (Å²) < 4.78 is 1.88. The normalized spacial score (nSPS) is 21.9. The lowest BCUT2D eigenvalue weighted by Gasteiger charge is -2.35. The number of piperidine rings is 1. The molecule has 3 rings (SSSR count). The Kier molecular flexibility index (Phi) is 4.13. The van der Waals surface area contributed by atoms with Crippen molar-refractivity contribution in [3.05, 3.63) is 23.0 Å². The SMILES string of the molecule is CCn1nc(C)c2c(C(=O)N3CC(C)CC(C)C3)cc(C)nc21. The highest BCUT2D eigenvalue weighted by Crippen LogP contribution is 2.27. The Morgan fingerprint density at radius 3 is 2.52 bits per heavy atom. The Morgan fingerprint density at radius 1 is 1.26 bits per heavy atom. The minimum absolute atomic E-state index is 0.123. The quantitative estimate of drug-likeness (QED) is 0.855. The van der Waals surface area contributed by atoms with Crippen LogP contribution in [0.15, 0.2) is 6.07 Å². The second-order valence-electron chi connectivity index (χ2n) is 7.07. The zero-order chi connectivity index (χ0) is 16.7. The first-order valence-electron chi connectivity index (χ1n) is 8.54. The van der Waals surface area contributed by atoms with Gasteiger partial charge in [-0.3, -0.25) is 4.79 Å². The largest absolute Gasteiger partial charge is 0.338 e. The molecule has 0 spiro atoms. The number of carbonyl (C=O) groups excluding carboxylic acids is 1. The van der Waals surface area contributed by atoms with Crippen LogP contribution >= 0.6 is 0 Å². The third kappa shape index (κ3) is 2.84. The molecular weight excluding hydrogens is 288 g/mol. The summed E-state index contributed by atoms with van der Waals surface area (Å²) in [7, 11) is 0. The number of aromatic nitrogens is 3. The molecule has 0 aliphatic carbocycles. The number of rotatable bonds is 2. The van der Waals surface area contributed by atoms with Gasteiger partial charge in [-0.2, -0.15) is 5.10 Å². The first-order chi connectivity index (χ1) is 10.9. The predicted molar refractivity (Wildman–Crippen MR) is 91.5 cm³/mol. The molecule has 23 heavy (non-hydrogen) atoms. The summed E-state index contributed by atoms with van der Waals surface area (Å²) in [6, 6.07) is 1.92. The van der Waals surface area contributed by atoms with Gasteiger partial charge >= 0.3 is 0 Å². The Bertz CT molecular complexity index is 739. The van der Waals surface area contributed by atoms with E-state index < -0.39 is 0 Å². The Morgan fingerprint density at radius 2 is 1.91 bits per heavy atom. The molecule has 1 aliphatic rings. The van der Waals surface area contributed by atoms with Gasteiger partial charge in [0.25, 0.3) is 5.91 Å². The average molecular weight is 314 g/mol. The highest BCUT2D eigenvalue weighted by molar-refractivity contribution is 6.06. The van der Waals surface area contributed by atoms with E-state index in [1.807, 2.05) is 36.4 Å². The van der Waals surface area contributed by atoms with Gasteiger partial charge < -0.3 is 4.90 Å². The predicted octanol–water partition coefficient (Wildman–Crippen LogP) is 3.19. The molecule has 1 fully saturated rings. The topological polar surface area (TPSA) is 51.0 Å². The second-order valence-corrected chi connectivity index (χ2v) is 7.07. The van der Waals surface area contributed by atoms with Gasteiger partial charge in [0.05, 0.1) is 16.6 Å². The minimum atomic E-state index is 0.123. The molecule has 5 nitrogen and oxygen atoms in total. The molecule has 2 atom stereocenters. The molecule has 1 amide bonds. The summed E-state index contributed by atoms with van der Waals surface area (Å²) in [5.74, 6) is 1.24. The van der Waals surface area contributed by atoms with Crippen molar-refractivity contribution >= 4 is 16.9 Å². The maximum Gasteiger partial charge on any atom is 0.254 e. The van der Waals surface area contributed by atoms with E-state index in [9.17, 15) is 4.79 Å². The number of hydrogen-bond donors (Lipinski definition) is 0. The highest BCUT2D eigenvalue weighted by Gasteiger charge is 2.28. The van der Waals surface area contributed by atoms with Crippen LogP contribution in [0.2, 0.25) is 0 Å². The van der Waals surface area contributed by atoms with Crippen molar-refractivity contribution in [2.75, 3.05) is 13.1 Å². The molecule has 0 N–H and O–H groups in total. The van der Waals surface area contributed by atoms with Crippen molar-refractivity contribution in [1.29, 1.82) is 0 Å². The molecule has 0 aromatic carbocycles. The smallest absolute Gasteiger partial charge is 0.254 e. The third-order valence-electron chi connectivity index (χ3n) is 4.69. The van der Waals surface area contributed by atoms with Crippen LogP contribution in [0.5, 0.6) is 0 Å². The van der Waals surface area contributed by atoms with Crippen LogP contribution in [0.4, 0.5) is 0 Å². The number of likely N-dealkylation sites (tertiary alicyclic amines) is 1. The van der Waals surface area contributed by atoms with Gasteiger partial charge in [-0.15, -0.1) is 0 Å². The number of aryl methyl sites for hydroxylation is 3. The number of pyridine rings is 1. The zero-order valence-corrected chi connectivity index (χ0v) is 14.8. The molecule has 0 bridgehead atoms. The Balaban J connectivity index is 2.08. The van der Waals surface area contributed by atoms with Crippen LogP contribution in [0, 0.1) is 25.7 Å². The summed E-state index contributed by atoms with van der Waals surface area (Å²) in [5.41, 5.74) is 3.34. The lowest BCUT2D eigenvalue weighted by atomic mass is 9.91. The van der Waals surface area contributed by atoms with Gasteiger partial charge in [0, 0.05) is 25.3 Å². The molecule has 3 heterocycles. The molecule has 0 radical (unpaired) electrons. The van der Waals surface area contributed by atoms with Crippen molar-refractivity contribution in [2.24, 2.45) is 11.8 Å². The van der Waals surface area contributed by atoms with Crippen molar-refractivity contribution < 1.29 is 4.79 Å². The number of fused-ring (bicyclic) bond motifs is 1. The van der Waals surface area contributed by atoms with E-state index in [4.69, 9.17) is 0 Å². The van der Waals surface area contributed by atoms with Crippen molar-refractivity contribution in [3.63, 3.8) is 0 Å². The fraction of sp³-hybridized carbons (Fsp3) is 0.611. The molecular formula is C18H26N4O. The summed E-state index contributed by atoms with van der Waals surface area (Å²) in [5, 5.41) is 5.46. The highest BCUT2D eigenvalue weighted by atomic mass is 16.2. The van der Waals surface area contributed by atoms with Gasteiger partial charge in [0.2, 0.25) is 0 Å². The monoisotopic (exact) mass is 314 g/mol. The number of nitrogens with zero attached hydrogens (tertiary/aromatic N) is 4. The summed E-state index contributed by atoms with van der Waals surface area (Å²) in [6.45, 7) is 12.8. The third-order valence-corrected chi connectivity index (χ3v) is 4.69. The van der Waals surface area contributed by atoms with Gasteiger partial charge in [-0.1, -0.05) is 13.8 Å². The number of carbonyl (C=O) groups is 1. The molecule has 2 aromatic heterocycles. The fourth-order valence-electron chi connectivity index (χ4n) is 3.87. The van der Waals surface area contributed by atoms with E-state index in [0.29, 0.717) is 11.8 Å². The lowest BCUT2D eigenvalue weighted by molar-refractivity contribution is 0.0625. The van der Waals surface area contributed by atoms with Gasteiger partial charge in [-0.05, 0) is 45.1 Å². The van der Waals surface area contributed by atoms with E-state index in [1.165, 1.54) is 6.42 Å². The van der Waals surface area contributed by atoms with Gasteiger partial charge in [-0.25, -0.2) is 9.67 Å². The summed E-state index contributed by atoms with van der Waals surface area (Å²) >= 11 is 0. The molecule has 124 valence electrons. The minimum Gasteiger partial charge on any atom is -0.338 e. The van der Waals surface area contributed by atoms with E-state index in [-0.39, 0.29) is 5.91 Å². The van der Waals surface area contributed by atoms with Gasteiger partial charge in [0.1, 0.15) is 0 Å². The van der Waals surface area contributed by atoms with Crippen LogP contribution < -0.4 is 0 Å². The number of amides is 1. The Hall–Kier alpha value is -1.91. The standard InChI is InChI=1S/C18H26N4O/c1-6-22-17-16(14(5)20-22)15(8-13(4)19-17)18(23)21-9-11(2)7-12(3)10-21/h8,11-12H,6-7,9-10H2,1-5H3. The lowest BCUT2D eigenvalue weighted by Crippen LogP contribution is -2.42. The number of hydrogen-bond acceptors (Lipinski definition) is 3. The molecule has 5 heteroatoms. The maximum absolute atomic E-state index is 13.2. The van der Waals surface area contributed by atoms with Gasteiger partial charge in [0.15, 0.2) is 5.65 Å². The van der Waals surface area contributed by atoms with E-state index in [0.717, 1.165) is 47.6 Å². The van der Waals surface area contributed by atoms with Crippen LogP contribution in [-0.2, 0) is 6.54 Å². The fourth-order valence-corrected chi connectivity index (χ4v) is 3.87. The van der Waals surface area contributed by atoms with E-state index in [2.05, 4.69) is 23.9 Å². The van der Waals surface area contributed by atoms with Crippen LogP contribution in [0.25, 0.3) is 11.0 Å². The van der Waals surface area contributed by atoms with E-state index in [1.54, 1.807) is 0 Å². The summed E-state index contributed by atoms with van der Waals surface area (Å²) in [4.78, 5) is 19.8. The van der Waals surface area contributed by atoms with Crippen LogP contribution in [-0.4, -0.2) is 38.7 Å². The van der Waals surface area contributed by atoms with Crippen LogP contribution in [0.3, 0.4) is 0 Å². The average Bonchev–Trinajstić information content (AvgIpc) is 2.81. The first-order valence-corrected chi connectivity index (χ1v) is 8.54. The first kappa shape index (κ1) is 16.0. The molecule has 0 saturated carbocycles. The van der Waals surface area contributed by atoms with Crippen LogP contribution in [0.1, 0.15) is 48.9 Å².